The SMILES string of the molecule is Cc1cc(C(N)c2cccs2)c2n1CCCC2. The molecule has 3 heterocycles. The van der Waals surface area contributed by atoms with Gasteiger partial charge in [-0.25, -0.2) is 0 Å². The van der Waals surface area contributed by atoms with E-state index in [1.807, 2.05) is 0 Å². The van der Waals surface area contributed by atoms with Gasteiger partial charge in [-0.15, -0.1) is 11.3 Å². The van der Waals surface area contributed by atoms with Gasteiger partial charge in [-0.05, 0) is 49.3 Å². The molecule has 0 radical (unpaired) electrons. The van der Waals surface area contributed by atoms with Crippen molar-refractivity contribution in [1.82, 2.24) is 4.57 Å². The van der Waals surface area contributed by atoms with Crippen LogP contribution < -0.4 is 5.73 Å². The fraction of sp³-hybridized carbons (Fsp3) is 0.429. The summed E-state index contributed by atoms with van der Waals surface area (Å²) in [6, 6.07) is 6.56. The summed E-state index contributed by atoms with van der Waals surface area (Å²) < 4.78 is 2.45. The van der Waals surface area contributed by atoms with E-state index in [0.29, 0.717) is 0 Å². The van der Waals surface area contributed by atoms with Crippen molar-refractivity contribution in [3.8, 4) is 0 Å². The first-order valence-electron chi connectivity index (χ1n) is 6.25. The Morgan fingerprint density at radius 3 is 3.06 bits per heavy atom. The van der Waals surface area contributed by atoms with Crippen LogP contribution in [0.3, 0.4) is 0 Å². The molecule has 0 fully saturated rings. The van der Waals surface area contributed by atoms with E-state index in [-0.39, 0.29) is 6.04 Å². The molecule has 0 saturated carbocycles. The number of nitrogens with two attached hydrogens (primary N) is 1. The molecule has 3 rings (SSSR count). The van der Waals surface area contributed by atoms with Crippen LogP contribution in [0.25, 0.3) is 0 Å². The summed E-state index contributed by atoms with van der Waals surface area (Å²) in [5.74, 6) is 0. The maximum atomic E-state index is 6.40. The fourth-order valence-electron chi connectivity index (χ4n) is 2.80. The minimum absolute atomic E-state index is 0.0584. The number of fused-ring (bicyclic) bond motifs is 1. The van der Waals surface area contributed by atoms with Gasteiger partial charge >= 0.3 is 0 Å². The summed E-state index contributed by atoms with van der Waals surface area (Å²) in [4.78, 5) is 1.27. The van der Waals surface area contributed by atoms with E-state index in [0.717, 1.165) is 0 Å². The fourth-order valence-corrected chi connectivity index (χ4v) is 3.54. The lowest BCUT2D eigenvalue weighted by molar-refractivity contribution is 0.519. The van der Waals surface area contributed by atoms with Gasteiger partial charge in [0.2, 0.25) is 0 Å². The Labute approximate surface area is 106 Å². The van der Waals surface area contributed by atoms with Gasteiger partial charge < -0.3 is 10.3 Å². The molecular formula is C14H18N2S. The number of hydrogen-bond donors (Lipinski definition) is 1. The van der Waals surface area contributed by atoms with E-state index in [1.54, 1.807) is 11.3 Å². The molecule has 2 aromatic rings. The number of aromatic nitrogens is 1. The first kappa shape index (κ1) is 11.1. The van der Waals surface area contributed by atoms with Gasteiger partial charge in [0.05, 0.1) is 6.04 Å². The highest BCUT2D eigenvalue weighted by Crippen LogP contribution is 2.31. The maximum absolute atomic E-state index is 6.40. The third kappa shape index (κ3) is 1.83. The van der Waals surface area contributed by atoms with E-state index in [9.17, 15) is 0 Å². The van der Waals surface area contributed by atoms with Crippen LogP contribution in [-0.4, -0.2) is 4.57 Å². The smallest absolute Gasteiger partial charge is 0.0663 e. The highest BCUT2D eigenvalue weighted by atomic mass is 32.1. The predicted molar refractivity (Wildman–Crippen MR) is 72.5 cm³/mol. The lowest BCUT2D eigenvalue weighted by Crippen LogP contribution is -2.16. The van der Waals surface area contributed by atoms with Gasteiger partial charge in [-0.2, -0.15) is 0 Å². The van der Waals surface area contributed by atoms with Crippen molar-refractivity contribution in [2.24, 2.45) is 5.73 Å². The standard InChI is InChI=1S/C14H18N2S/c1-10-9-11(12-5-2-3-7-16(10)12)14(15)13-6-4-8-17-13/h4,6,8-9,14H,2-3,5,7,15H2,1H3. The Kier molecular flexibility index (Phi) is 2.81. The molecule has 0 aromatic carbocycles. The van der Waals surface area contributed by atoms with E-state index in [1.165, 1.54) is 47.6 Å². The Morgan fingerprint density at radius 2 is 2.29 bits per heavy atom. The molecule has 2 nitrogen and oxygen atoms in total. The first-order chi connectivity index (χ1) is 8.27. The number of hydrogen-bond acceptors (Lipinski definition) is 2. The van der Waals surface area contributed by atoms with Gasteiger partial charge in [0.25, 0.3) is 0 Å². The second-order valence-corrected chi connectivity index (χ2v) is 5.77. The minimum Gasteiger partial charge on any atom is -0.349 e. The lowest BCUT2D eigenvalue weighted by Gasteiger charge is -2.19. The molecule has 3 heteroatoms. The third-order valence-corrected chi connectivity index (χ3v) is 4.63. The summed E-state index contributed by atoms with van der Waals surface area (Å²) in [7, 11) is 0. The van der Waals surface area contributed by atoms with Crippen LogP contribution in [-0.2, 0) is 13.0 Å². The van der Waals surface area contributed by atoms with Crippen molar-refractivity contribution in [1.29, 1.82) is 0 Å². The molecule has 2 N–H and O–H groups in total. The molecule has 1 aliphatic heterocycles. The van der Waals surface area contributed by atoms with Gasteiger partial charge in [-0.3, -0.25) is 0 Å². The number of aryl methyl sites for hydroxylation is 1. The lowest BCUT2D eigenvalue weighted by atomic mass is 10.0. The van der Waals surface area contributed by atoms with Gasteiger partial charge in [0.1, 0.15) is 0 Å². The zero-order chi connectivity index (χ0) is 11.8. The Bertz CT molecular complexity index is 511. The highest BCUT2D eigenvalue weighted by Gasteiger charge is 2.21. The van der Waals surface area contributed by atoms with Crippen LogP contribution in [0.4, 0.5) is 0 Å². The van der Waals surface area contributed by atoms with E-state index in [4.69, 9.17) is 5.73 Å². The molecule has 0 amide bonds. The minimum atomic E-state index is 0.0584. The zero-order valence-electron chi connectivity index (χ0n) is 10.1. The summed E-state index contributed by atoms with van der Waals surface area (Å²) >= 11 is 1.75. The van der Waals surface area contributed by atoms with E-state index >= 15 is 0 Å². The molecule has 0 saturated heterocycles. The number of thiophene rings is 1. The van der Waals surface area contributed by atoms with Crippen LogP contribution in [0.2, 0.25) is 0 Å². The quantitative estimate of drug-likeness (QED) is 0.866. The van der Waals surface area contributed by atoms with Crippen LogP contribution in [0.5, 0.6) is 0 Å². The van der Waals surface area contributed by atoms with Gasteiger partial charge in [0.15, 0.2) is 0 Å². The zero-order valence-corrected chi connectivity index (χ0v) is 11.0. The highest BCUT2D eigenvalue weighted by molar-refractivity contribution is 7.10. The van der Waals surface area contributed by atoms with Crippen LogP contribution in [0.1, 0.15) is 40.7 Å². The van der Waals surface area contributed by atoms with E-state index < -0.39 is 0 Å². The van der Waals surface area contributed by atoms with Crippen LogP contribution in [0, 0.1) is 6.92 Å². The summed E-state index contributed by atoms with van der Waals surface area (Å²) in [5, 5.41) is 2.10. The summed E-state index contributed by atoms with van der Waals surface area (Å²) in [5.41, 5.74) is 10.6. The average molecular weight is 246 g/mol. The second-order valence-electron chi connectivity index (χ2n) is 4.79. The van der Waals surface area contributed by atoms with Crippen molar-refractivity contribution in [3.05, 3.63) is 45.4 Å². The second kappa shape index (κ2) is 4.31. The monoisotopic (exact) mass is 246 g/mol. The predicted octanol–water partition coefficient (Wildman–Crippen LogP) is 3.24. The van der Waals surface area contributed by atoms with Crippen molar-refractivity contribution in [3.63, 3.8) is 0 Å². The molecule has 0 spiro atoms. The molecule has 17 heavy (non-hydrogen) atoms. The largest absolute Gasteiger partial charge is 0.349 e. The topological polar surface area (TPSA) is 30.9 Å². The molecule has 0 bridgehead atoms. The summed E-state index contributed by atoms with van der Waals surface area (Å²) in [6.07, 6.45) is 3.78. The molecule has 0 aliphatic carbocycles. The Morgan fingerprint density at radius 1 is 1.41 bits per heavy atom. The third-order valence-electron chi connectivity index (χ3n) is 3.68. The van der Waals surface area contributed by atoms with Crippen LogP contribution >= 0.6 is 11.3 Å². The maximum Gasteiger partial charge on any atom is 0.0663 e. The number of rotatable bonds is 2. The molecule has 1 atom stereocenters. The van der Waals surface area contributed by atoms with Crippen molar-refractivity contribution >= 4 is 11.3 Å². The molecule has 2 aromatic heterocycles. The van der Waals surface area contributed by atoms with Crippen molar-refractivity contribution in [2.75, 3.05) is 0 Å². The number of nitrogens with zero attached hydrogens (tertiary/aromatic N) is 1. The first-order valence-corrected chi connectivity index (χ1v) is 7.13. The van der Waals surface area contributed by atoms with Crippen molar-refractivity contribution in [2.45, 2.75) is 38.8 Å². The summed E-state index contributed by atoms with van der Waals surface area (Å²) in [6.45, 7) is 3.36. The van der Waals surface area contributed by atoms with Crippen molar-refractivity contribution < 1.29 is 0 Å². The molecular weight excluding hydrogens is 228 g/mol. The van der Waals surface area contributed by atoms with E-state index in [2.05, 4.69) is 35.1 Å². The Hall–Kier alpha value is -1.06. The van der Waals surface area contributed by atoms with Gasteiger partial charge in [-0.1, -0.05) is 6.07 Å². The Balaban J connectivity index is 2.03. The molecule has 1 unspecified atom stereocenters. The molecule has 90 valence electrons. The van der Waals surface area contributed by atoms with Crippen LogP contribution in [0.15, 0.2) is 23.6 Å². The van der Waals surface area contributed by atoms with Gasteiger partial charge in [0, 0.05) is 22.8 Å². The molecule has 1 aliphatic rings. The normalized spacial score (nSPS) is 16.8. The average Bonchev–Trinajstić information content (AvgIpc) is 2.97.